The summed E-state index contributed by atoms with van der Waals surface area (Å²) < 4.78 is 40.0. The van der Waals surface area contributed by atoms with Gasteiger partial charge >= 0.3 is 0 Å². The number of hydrogen-bond donors (Lipinski definition) is 2. The van der Waals surface area contributed by atoms with Gasteiger partial charge in [0.25, 0.3) is 0 Å². The lowest BCUT2D eigenvalue weighted by Gasteiger charge is -2.11. The van der Waals surface area contributed by atoms with Crippen molar-refractivity contribution in [2.45, 2.75) is 0 Å². The fourth-order valence-corrected chi connectivity index (χ4v) is 2.47. The first-order chi connectivity index (χ1) is 12.0. The Morgan fingerprint density at radius 1 is 0.840 bits per heavy atom. The van der Waals surface area contributed by atoms with Gasteiger partial charge in [-0.2, -0.15) is 4.98 Å². The van der Waals surface area contributed by atoms with E-state index in [9.17, 15) is 13.2 Å². The van der Waals surface area contributed by atoms with Crippen molar-refractivity contribution in [2.24, 2.45) is 0 Å². The van der Waals surface area contributed by atoms with Crippen LogP contribution >= 0.6 is 23.2 Å². The summed E-state index contributed by atoms with van der Waals surface area (Å²) >= 11 is 12.1. The van der Waals surface area contributed by atoms with E-state index in [1.54, 1.807) is 18.2 Å². The molecule has 0 aliphatic heterocycles. The quantitative estimate of drug-likeness (QED) is 0.567. The maximum absolute atomic E-state index is 13.7. The minimum absolute atomic E-state index is 0.128. The number of nitrogens with zero attached hydrogens (tertiary/aromatic N) is 2. The van der Waals surface area contributed by atoms with Crippen molar-refractivity contribution >= 4 is 46.3 Å². The minimum atomic E-state index is -1.57. The van der Waals surface area contributed by atoms with E-state index >= 15 is 0 Å². The van der Waals surface area contributed by atoms with Gasteiger partial charge in [0, 0.05) is 6.20 Å². The van der Waals surface area contributed by atoms with E-state index in [0.717, 1.165) is 12.1 Å². The maximum Gasteiger partial charge on any atom is 0.229 e. The zero-order valence-corrected chi connectivity index (χ0v) is 13.8. The lowest BCUT2D eigenvalue weighted by atomic mass is 10.3. The Hall–Kier alpha value is -2.51. The fourth-order valence-electron chi connectivity index (χ4n) is 1.98. The van der Waals surface area contributed by atoms with Gasteiger partial charge < -0.3 is 10.6 Å². The van der Waals surface area contributed by atoms with E-state index in [1.807, 2.05) is 0 Å². The largest absolute Gasteiger partial charge is 0.338 e. The molecule has 3 aromatic rings. The summed E-state index contributed by atoms with van der Waals surface area (Å²) in [5, 5.41) is 6.13. The molecule has 2 aromatic carbocycles. The van der Waals surface area contributed by atoms with Gasteiger partial charge in [0.2, 0.25) is 5.95 Å². The zero-order valence-electron chi connectivity index (χ0n) is 12.3. The summed E-state index contributed by atoms with van der Waals surface area (Å²) in [5.74, 6) is -3.91. The van der Waals surface area contributed by atoms with Crippen LogP contribution in [0.2, 0.25) is 10.0 Å². The predicted octanol–water partition coefficient (Wildman–Crippen LogP) is 5.69. The highest BCUT2D eigenvalue weighted by molar-refractivity contribution is 6.39. The molecule has 0 saturated heterocycles. The molecule has 1 aromatic heterocycles. The number of para-hydroxylation sites is 1. The van der Waals surface area contributed by atoms with E-state index < -0.39 is 17.5 Å². The number of benzene rings is 2. The van der Waals surface area contributed by atoms with E-state index in [1.165, 1.54) is 12.3 Å². The van der Waals surface area contributed by atoms with Gasteiger partial charge in [-0.1, -0.05) is 29.3 Å². The smallest absolute Gasteiger partial charge is 0.229 e. The van der Waals surface area contributed by atoms with Gasteiger partial charge in [0.1, 0.15) is 5.82 Å². The Morgan fingerprint density at radius 3 is 2.28 bits per heavy atom. The van der Waals surface area contributed by atoms with Crippen molar-refractivity contribution in [2.75, 3.05) is 10.6 Å². The normalized spacial score (nSPS) is 10.6. The van der Waals surface area contributed by atoms with Crippen molar-refractivity contribution < 1.29 is 13.2 Å². The molecule has 0 bridgehead atoms. The molecule has 4 nitrogen and oxygen atoms in total. The van der Waals surface area contributed by atoms with Crippen LogP contribution in [0.1, 0.15) is 0 Å². The predicted molar refractivity (Wildman–Crippen MR) is 91.4 cm³/mol. The first kappa shape index (κ1) is 17.3. The Bertz CT molecular complexity index is 917. The summed E-state index contributed by atoms with van der Waals surface area (Å²) in [7, 11) is 0. The molecule has 9 heteroatoms. The van der Waals surface area contributed by atoms with Gasteiger partial charge in [-0.25, -0.2) is 18.2 Å². The first-order valence-electron chi connectivity index (χ1n) is 6.90. The van der Waals surface area contributed by atoms with Crippen molar-refractivity contribution in [1.29, 1.82) is 0 Å². The molecule has 128 valence electrons. The number of hydrogen-bond acceptors (Lipinski definition) is 4. The molecule has 0 aliphatic carbocycles. The Labute approximate surface area is 150 Å². The average Bonchev–Trinajstić information content (AvgIpc) is 2.59. The highest BCUT2D eigenvalue weighted by Crippen LogP contribution is 2.32. The molecule has 1 heterocycles. The molecule has 0 unspecified atom stereocenters. The van der Waals surface area contributed by atoms with E-state index in [-0.39, 0.29) is 17.5 Å². The lowest BCUT2D eigenvalue weighted by Crippen LogP contribution is -2.03. The summed E-state index contributed by atoms with van der Waals surface area (Å²) in [6, 6.07) is 8.25. The number of halogens is 5. The fraction of sp³-hybridized carbons (Fsp3) is 0. The Kier molecular flexibility index (Phi) is 4.96. The van der Waals surface area contributed by atoms with Crippen LogP contribution in [-0.4, -0.2) is 9.97 Å². The lowest BCUT2D eigenvalue weighted by molar-refractivity contribution is 0.449. The SMILES string of the molecule is Fc1ccc(Nc2ccnc(Nc3c(Cl)cccc3Cl)n2)c(F)c1F. The van der Waals surface area contributed by atoms with Crippen molar-refractivity contribution in [3.05, 3.63) is 70.1 Å². The van der Waals surface area contributed by atoms with Crippen LogP contribution in [0.3, 0.4) is 0 Å². The van der Waals surface area contributed by atoms with Gasteiger partial charge in [-0.3, -0.25) is 0 Å². The van der Waals surface area contributed by atoms with E-state index in [4.69, 9.17) is 23.2 Å². The average molecular weight is 385 g/mol. The monoisotopic (exact) mass is 384 g/mol. The van der Waals surface area contributed by atoms with Crippen LogP contribution in [0.5, 0.6) is 0 Å². The van der Waals surface area contributed by atoms with Crippen molar-refractivity contribution in [3.63, 3.8) is 0 Å². The molecular formula is C16H9Cl2F3N4. The molecule has 0 fully saturated rings. The first-order valence-corrected chi connectivity index (χ1v) is 7.66. The second-order valence-corrected chi connectivity index (χ2v) is 5.65. The molecule has 3 rings (SSSR count). The van der Waals surface area contributed by atoms with Crippen LogP contribution in [0.4, 0.5) is 36.3 Å². The van der Waals surface area contributed by atoms with Gasteiger partial charge in [-0.15, -0.1) is 0 Å². The second-order valence-electron chi connectivity index (χ2n) is 4.84. The van der Waals surface area contributed by atoms with Crippen LogP contribution in [0.15, 0.2) is 42.6 Å². The third-order valence-electron chi connectivity index (χ3n) is 3.15. The third-order valence-corrected chi connectivity index (χ3v) is 3.78. The van der Waals surface area contributed by atoms with Gasteiger partial charge in [0.05, 0.1) is 21.4 Å². The molecular weight excluding hydrogens is 376 g/mol. The zero-order chi connectivity index (χ0) is 18.0. The molecule has 0 spiro atoms. The molecule has 0 atom stereocenters. The van der Waals surface area contributed by atoms with Crippen LogP contribution in [-0.2, 0) is 0 Å². The summed E-state index contributed by atoms with van der Waals surface area (Å²) in [5.41, 5.74) is 0.140. The molecule has 0 aliphatic rings. The van der Waals surface area contributed by atoms with Crippen LogP contribution in [0.25, 0.3) is 0 Å². The molecule has 25 heavy (non-hydrogen) atoms. The highest BCUT2D eigenvalue weighted by Gasteiger charge is 2.14. The summed E-state index contributed by atoms with van der Waals surface area (Å²) in [6.45, 7) is 0. The van der Waals surface area contributed by atoms with Crippen molar-refractivity contribution in [3.8, 4) is 0 Å². The maximum atomic E-state index is 13.7. The molecule has 0 saturated carbocycles. The molecule has 0 amide bonds. The highest BCUT2D eigenvalue weighted by atomic mass is 35.5. The van der Waals surface area contributed by atoms with Crippen LogP contribution < -0.4 is 10.6 Å². The minimum Gasteiger partial charge on any atom is -0.338 e. The van der Waals surface area contributed by atoms with E-state index in [0.29, 0.717) is 15.7 Å². The molecule has 0 radical (unpaired) electrons. The van der Waals surface area contributed by atoms with Crippen LogP contribution in [0, 0.1) is 17.5 Å². The Balaban J connectivity index is 1.86. The van der Waals surface area contributed by atoms with Gasteiger partial charge in [-0.05, 0) is 30.3 Å². The van der Waals surface area contributed by atoms with Crippen molar-refractivity contribution in [1.82, 2.24) is 9.97 Å². The summed E-state index contributed by atoms with van der Waals surface area (Å²) in [4.78, 5) is 8.11. The standard InChI is InChI=1S/C16H9Cl2F3N4/c17-8-2-1-3-9(18)15(8)25-16-22-7-6-12(24-16)23-11-5-4-10(19)13(20)14(11)21/h1-7H,(H2,22,23,24,25). The van der Waals surface area contributed by atoms with Gasteiger partial charge in [0.15, 0.2) is 17.5 Å². The number of nitrogens with one attached hydrogen (secondary N) is 2. The number of rotatable bonds is 4. The summed E-state index contributed by atoms with van der Waals surface area (Å²) in [6.07, 6.45) is 1.39. The number of anilines is 4. The topological polar surface area (TPSA) is 49.8 Å². The third kappa shape index (κ3) is 3.78. The Morgan fingerprint density at radius 2 is 1.56 bits per heavy atom. The van der Waals surface area contributed by atoms with E-state index in [2.05, 4.69) is 20.6 Å². The second kappa shape index (κ2) is 7.16. The number of aromatic nitrogens is 2. The molecule has 2 N–H and O–H groups in total.